The van der Waals surface area contributed by atoms with E-state index in [9.17, 15) is 4.79 Å². The van der Waals surface area contributed by atoms with Crippen molar-refractivity contribution < 1.29 is 4.79 Å². The van der Waals surface area contributed by atoms with Crippen LogP contribution >= 0.6 is 28.3 Å². The van der Waals surface area contributed by atoms with Gasteiger partial charge in [-0.15, -0.1) is 12.4 Å². The first-order valence-corrected chi connectivity index (χ1v) is 7.10. The fourth-order valence-corrected chi connectivity index (χ4v) is 2.87. The topological polar surface area (TPSA) is 46.3 Å². The molecule has 0 saturated carbocycles. The van der Waals surface area contributed by atoms with Gasteiger partial charge in [0.05, 0.1) is 5.92 Å². The molecule has 1 amide bonds. The Labute approximate surface area is 129 Å². The highest BCUT2D eigenvalue weighted by molar-refractivity contribution is 9.10. The van der Waals surface area contributed by atoms with Gasteiger partial charge in [0.25, 0.3) is 0 Å². The maximum atomic E-state index is 12.3. The second kappa shape index (κ2) is 6.73. The number of hydrogen-bond acceptors (Lipinski definition) is 2. The summed E-state index contributed by atoms with van der Waals surface area (Å²) >= 11 is 3.57. The van der Waals surface area contributed by atoms with Crippen LogP contribution in [0, 0.1) is 5.92 Å². The molecular weight excluding hydrogens is 328 g/mol. The Balaban J connectivity index is 0.00000180. The predicted molar refractivity (Wildman–Crippen MR) is 83.3 cm³/mol. The molecule has 2 unspecified atom stereocenters. The molecular formula is C14H20BrClN2O. The van der Waals surface area contributed by atoms with Crippen molar-refractivity contribution >= 4 is 34.2 Å². The molecule has 106 valence electrons. The van der Waals surface area contributed by atoms with Crippen molar-refractivity contribution in [1.29, 1.82) is 0 Å². The third kappa shape index (κ3) is 3.50. The van der Waals surface area contributed by atoms with Crippen LogP contribution in [-0.2, 0) is 17.8 Å². The van der Waals surface area contributed by atoms with Crippen LogP contribution in [0.1, 0.15) is 25.0 Å². The molecule has 5 heteroatoms. The molecule has 1 aromatic carbocycles. The third-order valence-electron chi connectivity index (χ3n) is 3.70. The second-order valence-corrected chi connectivity index (χ2v) is 5.89. The molecule has 0 fully saturated rings. The number of benzene rings is 1. The molecule has 0 bridgehead atoms. The van der Waals surface area contributed by atoms with Gasteiger partial charge in [-0.25, -0.2) is 0 Å². The first kappa shape index (κ1) is 16.5. The largest absolute Gasteiger partial charge is 0.338 e. The van der Waals surface area contributed by atoms with Crippen molar-refractivity contribution in [3.8, 4) is 0 Å². The number of nitrogens with zero attached hydrogens (tertiary/aromatic N) is 1. The Kier molecular flexibility index (Phi) is 5.83. The van der Waals surface area contributed by atoms with Crippen LogP contribution < -0.4 is 5.73 Å². The lowest BCUT2D eigenvalue weighted by Crippen LogP contribution is -2.43. The summed E-state index contributed by atoms with van der Waals surface area (Å²) in [5, 5.41) is 0. The summed E-state index contributed by atoms with van der Waals surface area (Å²) in [6.07, 6.45) is 0.911. The summed E-state index contributed by atoms with van der Waals surface area (Å²) < 4.78 is 1.15. The van der Waals surface area contributed by atoms with E-state index in [2.05, 4.69) is 28.1 Å². The Morgan fingerprint density at radius 3 is 2.74 bits per heavy atom. The molecule has 0 spiro atoms. The summed E-state index contributed by atoms with van der Waals surface area (Å²) in [5.74, 6) is 0.0503. The highest BCUT2D eigenvalue weighted by atomic mass is 79.9. The highest BCUT2D eigenvalue weighted by Crippen LogP contribution is 2.27. The minimum absolute atomic E-state index is 0. The van der Waals surface area contributed by atoms with Crippen molar-refractivity contribution in [2.75, 3.05) is 6.54 Å². The zero-order valence-corrected chi connectivity index (χ0v) is 13.6. The number of nitrogens with two attached hydrogens (primary N) is 1. The Morgan fingerprint density at radius 1 is 1.42 bits per heavy atom. The molecule has 0 radical (unpaired) electrons. The standard InChI is InChI=1S/C14H19BrN2O.ClH/c1-9(10(2)16)14(18)17-7-6-12-11(8-17)4-3-5-13(12)15;/h3-5,9-10H,6-8,16H2,1-2H3;1H. The van der Waals surface area contributed by atoms with Crippen LogP contribution in [0.4, 0.5) is 0 Å². The van der Waals surface area contributed by atoms with Gasteiger partial charge in [-0.2, -0.15) is 0 Å². The molecule has 1 aliphatic heterocycles. The van der Waals surface area contributed by atoms with E-state index < -0.39 is 0 Å². The van der Waals surface area contributed by atoms with Gasteiger partial charge in [0.15, 0.2) is 0 Å². The Hall–Kier alpha value is -0.580. The second-order valence-electron chi connectivity index (χ2n) is 5.04. The van der Waals surface area contributed by atoms with Crippen molar-refractivity contribution in [2.45, 2.75) is 32.9 Å². The highest BCUT2D eigenvalue weighted by Gasteiger charge is 2.26. The summed E-state index contributed by atoms with van der Waals surface area (Å²) in [6.45, 7) is 5.27. The number of carbonyl (C=O) groups is 1. The van der Waals surface area contributed by atoms with E-state index in [1.165, 1.54) is 11.1 Å². The Bertz CT molecular complexity index is 465. The molecule has 0 saturated heterocycles. The van der Waals surface area contributed by atoms with E-state index in [1.807, 2.05) is 24.8 Å². The fourth-order valence-electron chi connectivity index (χ4n) is 2.26. The summed E-state index contributed by atoms with van der Waals surface area (Å²) in [4.78, 5) is 14.2. The van der Waals surface area contributed by atoms with Gasteiger partial charge in [-0.1, -0.05) is 35.0 Å². The van der Waals surface area contributed by atoms with Crippen LogP contribution in [0.15, 0.2) is 22.7 Å². The smallest absolute Gasteiger partial charge is 0.227 e. The monoisotopic (exact) mass is 346 g/mol. The van der Waals surface area contributed by atoms with Crippen LogP contribution in [0.5, 0.6) is 0 Å². The van der Waals surface area contributed by atoms with Gasteiger partial charge in [-0.3, -0.25) is 4.79 Å². The fraction of sp³-hybridized carbons (Fsp3) is 0.500. The molecule has 1 aromatic rings. The lowest BCUT2D eigenvalue weighted by molar-refractivity contribution is -0.136. The number of hydrogen-bond donors (Lipinski definition) is 1. The van der Waals surface area contributed by atoms with Crippen LogP contribution in [0.3, 0.4) is 0 Å². The first-order valence-electron chi connectivity index (χ1n) is 6.31. The van der Waals surface area contributed by atoms with E-state index in [0.29, 0.717) is 6.54 Å². The normalized spacial score (nSPS) is 17.2. The van der Waals surface area contributed by atoms with Gasteiger partial charge < -0.3 is 10.6 Å². The van der Waals surface area contributed by atoms with Crippen molar-refractivity contribution in [2.24, 2.45) is 11.7 Å². The maximum Gasteiger partial charge on any atom is 0.227 e. The molecule has 19 heavy (non-hydrogen) atoms. The van der Waals surface area contributed by atoms with Crippen molar-refractivity contribution in [3.05, 3.63) is 33.8 Å². The number of carbonyl (C=O) groups excluding carboxylic acids is 1. The van der Waals surface area contributed by atoms with E-state index >= 15 is 0 Å². The van der Waals surface area contributed by atoms with Gasteiger partial charge in [0.1, 0.15) is 0 Å². The molecule has 3 nitrogen and oxygen atoms in total. The van der Waals surface area contributed by atoms with Gasteiger partial charge >= 0.3 is 0 Å². The van der Waals surface area contributed by atoms with Crippen molar-refractivity contribution in [3.63, 3.8) is 0 Å². The molecule has 0 aromatic heterocycles. The van der Waals surface area contributed by atoms with Crippen LogP contribution in [0.2, 0.25) is 0 Å². The van der Waals surface area contributed by atoms with E-state index in [0.717, 1.165) is 17.4 Å². The van der Waals surface area contributed by atoms with Crippen LogP contribution in [-0.4, -0.2) is 23.4 Å². The molecule has 0 aliphatic carbocycles. The van der Waals surface area contributed by atoms with E-state index in [1.54, 1.807) is 0 Å². The Morgan fingerprint density at radius 2 is 2.11 bits per heavy atom. The van der Waals surface area contributed by atoms with E-state index in [4.69, 9.17) is 5.73 Å². The number of rotatable bonds is 2. The van der Waals surface area contributed by atoms with Gasteiger partial charge in [0, 0.05) is 23.6 Å². The minimum Gasteiger partial charge on any atom is -0.338 e. The van der Waals surface area contributed by atoms with Gasteiger partial charge in [-0.05, 0) is 30.5 Å². The third-order valence-corrected chi connectivity index (χ3v) is 4.44. The molecule has 2 N–H and O–H groups in total. The first-order chi connectivity index (χ1) is 8.50. The number of fused-ring (bicyclic) bond motifs is 1. The van der Waals surface area contributed by atoms with Crippen molar-refractivity contribution in [1.82, 2.24) is 4.90 Å². The maximum absolute atomic E-state index is 12.3. The SMILES string of the molecule is CC(N)C(C)C(=O)N1CCc2c(Br)cccc2C1.Cl. The minimum atomic E-state index is -0.112. The average Bonchev–Trinajstić information content (AvgIpc) is 2.36. The van der Waals surface area contributed by atoms with Gasteiger partial charge in [0.2, 0.25) is 5.91 Å². The summed E-state index contributed by atoms with van der Waals surface area (Å²) in [5.41, 5.74) is 8.37. The average molecular weight is 348 g/mol. The zero-order valence-electron chi connectivity index (χ0n) is 11.2. The quantitative estimate of drug-likeness (QED) is 0.894. The van der Waals surface area contributed by atoms with Crippen LogP contribution in [0.25, 0.3) is 0 Å². The molecule has 1 heterocycles. The summed E-state index contributed by atoms with van der Waals surface area (Å²) in [6, 6.07) is 6.07. The lowest BCUT2D eigenvalue weighted by atomic mass is 9.97. The lowest BCUT2D eigenvalue weighted by Gasteiger charge is -2.32. The summed E-state index contributed by atoms with van der Waals surface area (Å²) in [7, 11) is 0. The molecule has 2 atom stereocenters. The molecule has 1 aliphatic rings. The molecule has 2 rings (SSSR count). The zero-order chi connectivity index (χ0) is 13.3. The predicted octanol–water partition coefficient (Wildman–Crippen LogP) is 2.74. The number of halogens is 2. The number of amides is 1. The van der Waals surface area contributed by atoms with E-state index in [-0.39, 0.29) is 30.3 Å².